The summed E-state index contributed by atoms with van der Waals surface area (Å²) in [6.45, 7) is 2.41. The molecule has 6 nitrogen and oxygen atoms in total. The average Bonchev–Trinajstić information content (AvgIpc) is 3.22. The SMILES string of the molecule is O=C(CN(Cc1ccccc1)Cc1ccco1)Nc1cc2c(cc1Br)OCCO2. The van der Waals surface area contributed by atoms with Crippen LogP contribution in [0.4, 0.5) is 5.69 Å². The van der Waals surface area contributed by atoms with Crippen LogP contribution in [0, 0.1) is 0 Å². The van der Waals surface area contributed by atoms with E-state index in [1.807, 2.05) is 53.4 Å². The first-order valence-corrected chi connectivity index (χ1v) is 10.1. The van der Waals surface area contributed by atoms with Crippen LogP contribution in [0.2, 0.25) is 0 Å². The van der Waals surface area contributed by atoms with Crippen molar-refractivity contribution in [1.29, 1.82) is 0 Å². The van der Waals surface area contributed by atoms with E-state index in [0.29, 0.717) is 43.5 Å². The number of ether oxygens (including phenoxy) is 2. The highest BCUT2D eigenvalue weighted by atomic mass is 79.9. The molecule has 2 heterocycles. The second kappa shape index (κ2) is 9.15. The van der Waals surface area contributed by atoms with Gasteiger partial charge in [-0.1, -0.05) is 30.3 Å². The average molecular weight is 457 g/mol. The quantitative estimate of drug-likeness (QED) is 0.568. The Morgan fingerprint density at radius 1 is 1.00 bits per heavy atom. The van der Waals surface area contributed by atoms with Crippen LogP contribution < -0.4 is 14.8 Å². The van der Waals surface area contributed by atoms with Gasteiger partial charge in [0, 0.05) is 23.2 Å². The predicted octanol–water partition coefficient (Wildman–Crippen LogP) is 4.45. The van der Waals surface area contributed by atoms with E-state index in [1.54, 1.807) is 12.3 Å². The number of furan rings is 1. The van der Waals surface area contributed by atoms with Crippen molar-refractivity contribution in [2.24, 2.45) is 0 Å². The minimum Gasteiger partial charge on any atom is -0.486 e. The molecule has 1 aromatic heterocycles. The predicted molar refractivity (Wildman–Crippen MR) is 113 cm³/mol. The van der Waals surface area contributed by atoms with Crippen LogP contribution in [0.3, 0.4) is 0 Å². The zero-order valence-corrected chi connectivity index (χ0v) is 17.4. The molecule has 7 heteroatoms. The Morgan fingerprint density at radius 3 is 2.48 bits per heavy atom. The molecule has 0 aliphatic carbocycles. The maximum absolute atomic E-state index is 12.8. The fourth-order valence-electron chi connectivity index (χ4n) is 3.18. The molecule has 0 atom stereocenters. The number of nitrogens with one attached hydrogen (secondary N) is 1. The molecule has 0 spiro atoms. The van der Waals surface area contributed by atoms with E-state index in [0.717, 1.165) is 15.8 Å². The Morgan fingerprint density at radius 2 is 1.76 bits per heavy atom. The standard InChI is InChI=1S/C22H21BrN2O4/c23-18-11-20-21(29-10-9-28-20)12-19(18)24-22(26)15-25(14-17-7-4-8-27-17)13-16-5-2-1-3-6-16/h1-8,11-12H,9-10,13-15H2,(H,24,26). The largest absolute Gasteiger partial charge is 0.486 e. The molecule has 4 rings (SSSR count). The summed E-state index contributed by atoms with van der Waals surface area (Å²) in [5.74, 6) is 2.00. The van der Waals surface area contributed by atoms with Gasteiger partial charge in [0.25, 0.3) is 0 Å². The van der Waals surface area contributed by atoms with Crippen molar-refractivity contribution in [1.82, 2.24) is 4.90 Å². The van der Waals surface area contributed by atoms with Gasteiger partial charge in [-0.3, -0.25) is 9.69 Å². The molecule has 1 amide bonds. The number of benzene rings is 2. The number of anilines is 1. The molecule has 1 aliphatic heterocycles. The molecule has 29 heavy (non-hydrogen) atoms. The number of amides is 1. The summed E-state index contributed by atoms with van der Waals surface area (Å²) in [4.78, 5) is 14.8. The van der Waals surface area contributed by atoms with Gasteiger partial charge in [-0.15, -0.1) is 0 Å². The highest BCUT2D eigenvalue weighted by molar-refractivity contribution is 9.10. The number of carbonyl (C=O) groups excluding carboxylic acids is 1. The van der Waals surface area contributed by atoms with Gasteiger partial charge in [0.2, 0.25) is 5.91 Å². The Balaban J connectivity index is 1.46. The summed E-state index contributed by atoms with van der Waals surface area (Å²) in [6, 6.07) is 17.4. The molecular weight excluding hydrogens is 436 g/mol. The summed E-state index contributed by atoms with van der Waals surface area (Å²) in [7, 11) is 0. The van der Waals surface area contributed by atoms with Crippen molar-refractivity contribution < 1.29 is 18.7 Å². The summed E-state index contributed by atoms with van der Waals surface area (Å²) in [5.41, 5.74) is 1.78. The molecule has 0 fully saturated rings. The number of fused-ring (bicyclic) bond motifs is 1. The minimum atomic E-state index is -0.120. The van der Waals surface area contributed by atoms with Gasteiger partial charge in [-0.2, -0.15) is 0 Å². The summed E-state index contributed by atoms with van der Waals surface area (Å²) in [6.07, 6.45) is 1.64. The lowest BCUT2D eigenvalue weighted by Crippen LogP contribution is -2.32. The van der Waals surface area contributed by atoms with Gasteiger partial charge in [0.15, 0.2) is 11.5 Å². The fourth-order valence-corrected chi connectivity index (χ4v) is 3.61. The third kappa shape index (κ3) is 5.19. The molecule has 1 aliphatic rings. The van der Waals surface area contributed by atoms with Gasteiger partial charge in [0.05, 0.1) is 25.0 Å². The number of rotatable bonds is 7. The van der Waals surface area contributed by atoms with Crippen molar-refractivity contribution >= 4 is 27.5 Å². The first-order chi connectivity index (χ1) is 14.2. The Kier molecular flexibility index (Phi) is 6.17. The second-order valence-electron chi connectivity index (χ2n) is 6.73. The van der Waals surface area contributed by atoms with Crippen LogP contribution in [-0.4, -0.2) is 30.6 Å². The molecule has 2 aromatic carbocycles. The Hall–Kier alpha value is -2.77. The molecule has 150 valence electrons. The zero-order chi connectivity index (χ0) is 20.1. The smallest absolute Gasteiger partial charge is 0.238 e. The highest BCUT2D eigenvalue weighted by Gasteiger charge is 2.18. The van der Waals surface area contributed by atoms with Gasteiger partial charge in [0.1, 0.15) is 19.0 Å². The monoisotopic (exact) mass is 456 g/mol. The van der Waals surface area contributed by atoms with Crippen molar-refractivity contribution in [2.75, 3.05) is 25.1 Å². The molecule has 1 N–H and O–H groups in total. The van der Waals surface area contributed by atoms with Crippen molar-refractivity contribution in [2.45, 2.75) is 13.1 Å². The normalized spacial score (nSPS) is 12.8. The lowest BCUT2D eigenvalue weighted by Gasteiger charge is -2.22. The van der Waals surface area contributed by atoms with Crippen LogP contribution in [0.25, 0.3) is 0 Å². The van der Waals surface area contributed by atoms with E-state index in [2.05, 4.69) is 21.2 Å². The molecule has 0 bridgehead atoms. The lowest BCUT2D eigenvalue weighted by molar-refractivity contribution is -0.117. The number of nitrogens with zero attached hydrogens (tertiary/aromatic N) is 1. The van der Waals surface area contributed by atoms with E-state index < -0.39 is 0 Å². The van der Waals surface area contributed by atoms with Crippen LogP contribution >= 0.6 is 15.9 Å². The topological polar surface area (TPSA) is 63.9 Å². The van der Waals surface area contributed by atoms with Gasteiger partial charge in [-0.25, -0.2) is 0 Å². The van der Waals surface area contributed by atoms with E-state index in [9.17, 15) is 4.79 Å². The van der Waals surface area contributed by atoms with Crippen LogP contribution in [0.1, 0.15) is 11.3 Å². The molecule has 0 radical (unpaired) electrons. The maximum atomic E-state index is 12.8. The second-order valence-corrected chi connectivity index (χ2v) is 7.59. The molecule has 0 saturated carbocycles. The Labute approximate surface area is 177 Å². The third-order valence-corrected chi connectivity index (χ3v) is 5.14. The summed E-state index contributed by atoms with van der Waals surface area (Å²) in [5, 5.41) is 2.96. The first-order valence-electron chi connectivity index (χ1n) is 9.35. The van der Waals surface area contributed by atoms with E-state index in [-0.39, 0.29) is 12.5 Å². The number of halogens is 1. The molecule has 3 aromatic rings. The molecular formula is C22H21BrN2O4. The number of carbonyl (C=O) groups is 1. The number of hydrogen-bond donors (Lipinski definition) is 1. The molecule has 0 unspecified atom stereocenters. The zero-order valence-electron chi connectivity index (χ0n) is 15.8. The molecule has 0 saturated heterocycles. The summed E-state index contributed by atoms with van der Waals surface area (Å²) >= 11 is 3.49. The van der Waals surface area contributed by atoms with E-state index in [4.69, 9.17) is 13.9 Å². The van der Waals surface area contributed by atoms with Gasteiger partial charge >= 0.3 is 0 Å². The van der Waals surface area contributed by atoms with Crippen molar-refractivity contribution in [3.05, 3.63) is 76.7 Å². The van der Waals surface area contributed by atoms with Crippen LogP contribution in [0.5, 0.6) is 11.5 Å². The van der Waals surface area contributed by atoms with Crippen molar-refractivity contribution in [3.63, 3.8) is 0 Å². The van der Waals surface area contributed by atoms with Crippen LogP contribution in [-0.2, 0) is 17.9 Å². The number of hydrogen-bond acceptors (Lipinski definition) is 5. The minimum absolute atomic E-state index is 0.120. The van der Waals surface area contributed by atoms with E-state index in [1.165, 1.54) is 0 Å². The van der Waals surface area contributed by atoms with Gasteiger partial charge < -0.3 is 19.2 Å². The highest BCUT2D eigenvalue weighted by Crippen LogP contribution is 2.38. The lowest BCUT2D eigenvalue weighted by atomic mass is 10.2. The Bertz CT molecular complexity index is 960. The third-order valence-electron chi connectivity index (χ3n) is 4.48. The van der Waals surface area contributed by atoms with Crippen molar-refractivity contribution in [3.8, 4) is 11.5 Å². The first kappa shape index (κ1) is 19.5. The summed E-state index contributed by atoms with van der Waals surface area (Å²) < 4.78 is 17.4. The van der Waals surface area contributed by atoms with Gasteiger partial charge in [-0.05, 0) is 33.6 Å². The van der Waals surface area contributed by atoms with E-state index >= 15 is 0 Å². The maximum Gasteiger partial charge on any atom is 0.238 e. The fraction of sp³-hybridized carbons (Fsp3) is 0.227. The van der Waals surface area contributed by atoms with Crippen LogP contribution in [0.15, 0.2) is 69.8 Å².